The number of hydrogen-bond donors (Lipinski definition) is 0. The summed E-state index contributed by atoms with van der Waals surface area (Å²) < 4.78 is 22.7. The Hall–Kier alpha value is -5.35. The van der Waals surface area contributed by atoms with E-state index in [0.717, 1.165) is 128 Å². The highest BCUT2D eigenvalue weighted by Gasteiger charge is 2.22. The monoisotopic (exact) mass is 1180 g/mol. The number of carboxylic acids is 1. The number of nitrogens with zero attached hydrogens (tertiary/aromatic N) is 1. The van der Waals surface area contributed by atoms with Crippen LogP contribution in [0.4, 0.5) is 0 Å². The Morgan fingerprint density at radius 3 is 0.953 bits per heavy atom. The van der Waals surface area contributed by atoms with E-state index in [1.807, 2.05) is 21.1 Å². The van der Waals surface area contributed by atoms with Gasteiger partial charge in [-0.2, -0.15) is 0 Å². The zero-order valence-electron chi connectivity index (χ0n) is 54.4. The minimum Gasteiger partial charge on any atom is -0.545 e. The van der Waals surface area contributed by atoms with Gasteiger partial charge in [0, 0.05) is 12.8 Å². The highest BCUT2D eigenvalue weighted by atomic mass is 16.7. The zero-order valence-corrected chi connectivity index (χ0v) is 54.4. The maximum absolute atomic E-state index is 12.9. The predicted octanol–water partition coefficient (Wildman–Crippen LogP) is 19.3. The number of ether oxygens (including phenoxy) is 4. The lowest BCUT2D eigenvalue weighted by atomic mass is 10.0. The second kappa shape index (κ2) is 64.6. The van der Waals surface area contributed by atoms with E-state index in [4.69, 9.17) is 18.9 Å². The topological polar surface area (TPSA) is 111 Å². The van der Waals surface area contributed by atoms with Gasteiger partial charge in [0.1, 0.15) is 13.2 Å². The van der Waals surface area contributed by atoms with E-state index in [1.54, 1.807) is 0 Å². The molecule has 9 nitrogen and oxygen atoms in total. The summed E-state index contributed by atoms with van der Waals surface area (Å²) in [5.74, 6) is -2.34. The molecule has 0 saturated heterocycles. The quantitative estimate of drug-likeness (QED) is 0.0195. The van der Waals surface area contributed by atoms with Crippen LogP contribution in [0.5, 0.6) is 0 Å². The molecular formula is C76H121NO8. The third-order valence-corrected chi connectivity index (χ3v) is 13.5. The van der Waals surface area contributed by atoms with Crippen molar-refractivity contribution in [2.45, 2.75) is 245 Å². The van der Waals surface area contributed by atoms with Crippen LogP contribution in [-0.4, -0.2) is 82.3 Å². The Morgan fingerprint density at radius 1 is 0.353 bits per heavy atom. The van der Waals surface area contributed by atoms with Crippen LogP contribution < -0.4 is 5.11 Å². The molecule has 2 atom stereocenters. The van der Waals surface area contributed by atoms with Crippen molar-refractivity contribution < 1.29 is 42.9 Å². The van der Waals surface area contributed by atoms with Crippen LogP contribution in [0.3, 0.4) is 0 Å². The summed E-state index contributed by atoms with van der Waals surface area (Å²) in [7, 11) is 5.90. The van der Waals surface area contributed by atoms with Crippen molar-refractivity contribution in [3.8, 4) is 0 Å². The van der Waals surface area contributed by atoms with E-state index in [2.05, 4.69) is 184 Å². The van der Waals surface area contributed by atoms with Crippen molar-refractivity contribution in [2.75, 3.05) is 47.5 Å². The first-order valence-electron chi connectivity index (χ1n) is 33.3. The molecule has 0 radical (unpaired) electrons. The van der Waals surface area contributed by atoms with Crippen molar-refractivity contribution in [3.05, 3.63) is 170 Å². The Balaban J connectivity index is 4.16. The van der Waals surface area contributed by atoms with Gasteiger partial charge < -0.3 is 33.3 Å². The second-order valence-corrected chi connectivity index (χ2v) is 22.6. The molecule has 478 valence electrons. The molecule has 0 aliphatic heterocycles. The standard InChI is InChI=1S/C76H121NO8/c1-6-8-10-12-14-16-18-20-22-24-26-27-28-29-30-31-32-33-34-35-36-37-38-39-40-41-42-43-44-45-46-47-49-51-53-55-57-59-61-63-65-67-74(79)85-72(71-84-76(75(80)81)82-69-68-77(3,4)5)70-83-73(78)66-64-62-60-58-56-54-52-50-48-25-23-21-19-17-15-13-11-9-7-2/h8-11,14-17,20-23,26-27,29-30,32-33,35-36,38-39,41-42,48,50,54,56,72,76H,6-7,12-13,18-19,24-25,28,31,34,37,40,43-47,49,51-53,55,57-71H2,1-5H3/b10-8-,11-9-,16-14-,17-15-,22-20-,23-21-,27-26-,30-29-,33-32-,36-35-,39-38-,42-41-,50-48-,56-54-. The van der Waals surface area contributed by atoms with E-state index in [9.17, 15) is 19.5 Å². The number of carboxylic acid groups (broad SMARTS) is 1. The molecule has 0 aromatic rings. The first-order chi connectivity index (χ1) is 41.6. The molecule has 0 heterocycles. The fourth-order valence-corrected chi connectivity index (χ4v) is 8.44. The summed E-state index contributed by atoms with van der Waals surface area (Å²) >= 11 is 0. The zero-order chi connectivity index (χ0) is 61.9. The number of hydrogen-bond acceptors (Lipinski definition) is 8. The van der Waals surface area contributed by atoms with E-state index in [-0.39, 0.29) is 32.7 Å². The molecule has 0 aliphatic rings. The molecule has 0 aliphatic carbocycles. The molecule has 0 amide bonds. The molecule has 0 rings (SSSR count). The predicted molar refractivity (Wildman–Crippen MR) is 361 cm³/mol. The number of aliphatic carboxylic acids is 1. The lowest BCUT2D eigenvalue weighted by molar-refractivity contribution is -0.870. The lowest BCUT2D eigenvalue weighted by Crippen LogP contribution is -2.44. The lowest BCUT2D eigenvalue weighted by Gasteiger charge is -2.26. The van der Waals surface area contributed by atoms with Gasteiger partial charge in [-0.1, -0.05) is 261 Å². The fraction of sp³-hybridized carbons (Fsp3) is 0.592. The largest absolute Gasteiger partial charge is 0.545 e. The molecule has 85 heavy (non-hydrogen) atoms. The average Bonchev–Trinajstić information content (AvgIpc) is 3.49. The van der Waals surface area contributed by atoms with E-state index in [0.29, 0.717) is 23.9 Å². The molecule has 2 unspecified atom stereocenters. The van der Waals surface area contributed by atoms with Crippen LogP contribution >= 0.6 is 0 Å². The second-order valence-electron chi connectivity index (χ2n) is 22.6. The Labute approximate surface area is 520 Å². The number of carbonyl (C=O) groups is 3. The van der Waals surface area contributed by atoms with Crippen LogP contribution in [0.15, 0.2) is 170 Å². The Kier molecular flexibility index (Phi) is 60.6. The normalized spacial score (nSPS) is 13.8. The highest BCUT2D eigenvalue weighted by Crippen LogP contribution is 2.15. The summed E-state index contributed by atoms with van der Waals surface area (Å²) in [5.41, 5.74) is 0. The molecule has 0 aromatic carbocycles. The molecule has 0 spiro atoms. The average molecular weight is 1180 g/mol. The number of rotatable bonds is 59. The SMILES string of the molecule is CC/C=C\C/C=C\C/C=C\C/C=C\C/C=C\C/C=C\C/C=C\C/C=C\C/C=C\CCCCCCCCCCCCCCCC(=O)OC(COC(=O)CCCCC/C=C\C/C=C\C/C=C\C/C=C\C/C=C\CC)COC(OCC[N+](C)(C)C)C(=O)[O-]. The maximum atomic E-state index is 12.9. The number of carbonyl (C=O) groups excluding carboxylic acids is 3. The minimum absolute atomic E-state index is 0.134. The van der Waals surface area contributed by atoms with Crippen molar-refractivity contribution in [1.29, 1.82) is 0 Å². The van der Waals surface area contributed by atoms with Crippen molar-refractivity contribution >= 4 is 17.9 Å². The van der Waals surface area contributed by atoms with Crippen LogP contribution in [-0.2, 0) is 33.3 Å². The van der Waals surface area contributed by atoms with Crippen LogP contribution in [0, 0.1) is 0 Å². The first kappa shape index (κ1) is 79.7. The summed E-state index contributed by atoms with van der Waals surface area (Å²) in [6.45, 7) is 4.46. The number of unbranched alkanes of at least 4 members (excludes halogenated alkanes) is 16. The third-order valence-electron chi connectivity index (χ3n) is 13.5. The smallest absolute Gasteiger partial charge is 0.306 e. The van der Waals surface area contributed by atoms with Gasteiger partial charge >= 0.3 is 11.9 Å². The third kappa shape index (κ3) is 66.0. The van der Waals surface area contributed by atoms with Gasteiger partial charge in [0.25, 0.3) is 0 Å². The number of quaternary nitrogens is 1. The van der Waals surface area contributed by atoms with Crippen LogP contribution in [0.2, 0.25) is 0 Å². The van der Waals surface area contributed by atoms with Gasteiger partial charge in [-0.25, -0.2) is 0 Å². The van der Waals surface area contributed by atoms with E-state index >= 15 is 0 Å². The fourth-order valence-electron chi connectivity index (χ4n) is 8.44. The van der Waals surface area contributed by atoms with E-state index in [1.165, 1.54) is 64.2 Å². The molecule has 0 bridgehead atoms. The van der Waals surface area contributed by atoms with Gasteiger partial charge in [-0.3, -0.25) is 9.59 Å². The molecule has 0 aromatic heterocycles. The summed E-state index contributed by atoms with van der Waals surface area (Å²) in [6.07, 6.45) is 94.3. The van der Waals surface area contributed by atoms with Gasteiger partial charge in [-0.15, -0.1) is 0 Å². The maximum Gasteiger partial charge on any atom is 0.306 e. The van der Waals surface area contributed by atoms with Crippen LogP contribution in [0.1, 0.15) is 232 Å². The van der Waals surface area contributed by atoms with Gasteiger partial charge in [-0.05, 0) is 128 Å². The summed E-state index contributed by atoms with van der Waals surface area (Å²) in [4.78, 5) is 37.4. The molecule has 0 saturated carbocycles. The van der Waals surface area contributed by atoms with Crippen molar-refractivity contribution in [3.63, 3.8) is 0 Å². The molecular weight excluding hydrogens is 1050 g/mol. The molecule has 0 fully saturated rings. The Morgan fingerprint density at radius 2 is 0.635 bits per heavy atom. The highest BCUT2D eigenvalue weighted by molar-refractivity contribution is 5.70. The first-order valence-corrected chi connectivity index (χ1v) is 33.3. The van der Waals surface area contributed by atoms with E-state index < -0.39 is 30.3 Å². The van der Waals surface area contributed by atoms with Gasteiger partial charge in [0.15, 0.2) is 12.4 Å². The minimum atomic E-state index is -1.64. The number of esters is 2. The molecule has 0 N–H and O–H groups in total. The van der Waals surface area contributed by atoms with Crippen molar-refractivity contribution in [1.82, 2.24) is 0 Å². The van der Waals surface area contributed by atoms with Gasteiger partial charge in [0.05, 0.1) is 40.3 Å². The number of likely N-dealkylation sites (N-methyl/N-ethyl adjacent to an activating group) is 1. The molecule has 9 heteroatoms. The number of allylic oxidation sites excluding steroid dienone is 28. The van der Waals surface area contributed by atoms with Gasteiger partial charge in [0.2, 0.25) is 0 Å². The van der Waals surface area contributed by atoms with Crippen LogP contribution in [0.25, 0.3) is 0 Å². The summed E-state index contributed by atoms with van der Waals surface area (Å²) in [5, 5.41) is 11.8. The summed E-state index contributed by atoms with van der Waals surface area (Å²) in [6, 6.07) is 0. The van der Waals surface area contributed by atoms with Crippen molar-refractivity contribution in [2.24, 2.45) is 0 Å². The Bertz CT molecular complexity index is 2000.